The van der Waals surface area contributed by atoms with Gasteiger partial charge in [-0.05, 0) is 59.6 Å². The van der Waals surface area contributed by atoms with Crippen LogP contribution in [0.4, 0.5) is 11.5 Å². The van der Waals surface area contributed by atoms with Crippen molar-refractivity contribution in [1.29, 1.82) is 0 Å². The van der Waals surface area contributed by atoms with Crippen molar-refractivity contribution >= 4 is 40.0 Å². The van der Waals surface area contributed by atoms with Gasteiger partial charge in [0.05, 0.1) is 11.5 Å². The lowest BCUT2D eigenvalue weighted by molar-refractivity contribution is 0.102. The van der Waals surface area contributed by atoms with Crippen molar-refractivity contribution in [3.63, 3.8) is 0 Å². The van der Waals surface area contributed by atoms with E-state index in [4.69, 9.17) is 4.65 Å². The van der Waals surface area contributed by atoms with Crippen LogP contribution in [-0.2, 0) is 21.3 Å². The van der Waals surface area contributed by atoms with E-state index in [1.807, 2.05) is 0 Å². The third-order valence-electron chi connectivity index (χ3n) is 4.40. The summed E-state index contributed by atoms with van der Waals surface area (Å²) in [6, 6.07) is 15.6. The molecule has 0 atom stereocenters. The minimum Gasteiger partial charge on any atom is -0.423 e. The van der Waals surface area contributed by atoms with Gasteiger partial charge in [-0.2, -0.15) is 0 Å². The number of sulfonamides is 1. The van der Waals surface area contributed by atoms with Crippen molar-refractivity contribution in [3.05, 3.63) is 78.0 Å². The van der Waals surface area contributed by atoms with Crippen LogP contribution < -0.4 is 15.5 Å². The molecule has 0 bridgehead atoms. The highest BCUT2D eigenvalue weighted by Gasteiger charge is 2.28. The van der Waals surface area contributed by atoms with Gasteiger partial charge >= 0.3 is 7.12 Å². The number of anilines is 2. The fraction of sp³-hybridized carbons (Fsp3) is 0.0526. The molecule has 0 radical (unpaired) electrons. The molecule has 3 N–H and O–H groups in total. The number of fused-ring (bicyclic) bond motifs is 1. The smallest absolute Gasteiger partial charge is 0.423 e. The summed E-state index contributed by atoms with van der Waals surface area (Å²) in [5.41, 5.74) is 2.20. The largest absolute Gasteiger partial charge is 0.491 e. The van der Waals surface area contributed by atoms with Crippen LogP contribution >= 0.6 is 0 Å². The number of hydrogen-bond acceptors (Lipinski definition) is 6. The maximum atomic E-state index is 12.5. The van der Waals surface area contributed by atoms with Crippen LogP contribution in [0.15, 0.2) is 71.8 Å². The van der Waals surface area contributed by atoms with Gasteiger partial charge in [0.1, 0.15) is 5.82 Å². The standard InChI is InChI=1S/C19H16BN3O5S/c24-19(13-4-5-14-12-28-20(25)17(14)11-13)22-15-6-8-16(9-7-15)29(26,27)23-18-3-1-2-10-21-18/h1-11,25H,12H2,(H,21,23)(H,22,24). The Morgan fingerprint density at radius 2 is 1.90 bits per heavy atom. The molecule has 8 nitrogen and oxygen atoms in total. The van der Waals surface area contributed by atoms with Crippen molar-refractivity contribution in [3.8, 4) is 0 Å². The van der Waals surface area contributed by atoms with Crippen LogP contribution in [0.5, 0.6) is 0 Å². The number of nitrogens with one attached hydrogen (secondary N) is 2. The number of hydrogen-bond donors (Lipinski definition) is 3. The second-order valence-electron chi connectivity index (χ2n) is 6.38. The Bertz CT molecular complexity index is 1150. The Labute approximate surface area is 167 Å². The molecule has 2 heterocycles. The molecule has 3 aromatic rings. The minimum absolute atomic E-state index is 0.0407. The predicted molar refractivity (Wildman–Crippen MR) is 108 cm³/mol. The fourth-order valence-electron chi connectivity index (χ4n) is 2.90. The lowest BCUT2D eigenvalue weighted by atomic mass is 9.79. The number of carbonyl (C=O) groups excluding carboxylic acids is 1. The van der Waals surface area contributed by atoms with Gasteiger partial charge in [-0.1, -0.05) is 12.1 Å². The summed E-state index contributed by atoms with van der Waals surface area (Å²) in [5, 5.41) is 12.5. The first-order valence-electron chi connectivity index (χ1n) is 8.70. The molecule has 1 amide bonds. The van der Waals surface area contributed by atoms with Crippen molar-refractivity contribution in [2.45, 2.75) is 11.5 Å². The van der Waals surface area contributed by atoms with Crippen LogP contribution in [0, 0.1) is 0 Å². The summed E-state index contributed by atoms with van der Waals surface area (Å²) in [4.78, 5) is 16.4. The number of amides is 1. The molecule has 2 aromatic carbocycles. The maximum absolute atomic E-state index is 12.5. The van der Waals surface area contributed by atoms with E-state index in [1.165, 1.54) is 30.5 Å². The second kappa shape index (κ2) is 7.67. The molecule has 0 aliphatic carbocycles. The van der Waals surface area contributed by atoms with Gasteiger partial charge in [0, 0.05) is 17.4 Å². The number of pyridine rings is 1. The normalized spacial score (nSPS) is 13.1. The number of benzene rings is 2. The third-order valence-corrected chi connectivity index (χ3v) is 5.77. The molecule has 29 heavy (non-hydrogen) atoms. The third kappa shape index (κ3) is 4.14. The Hall–Kier alpha value is -3.21. The number of rotatable bonds is 5. The Morgan fingerprint density at radius 1 is 1.10 bits per heavy atom. The summed E-state index contributed by atoms with van der Waals surface area (Å²) in [7, 11) is -4.82. The first-order valence-corrected chi connectivity index (χ1v) is 10.2. The van der Waals surface area contributed by atoms with E-state index >= 15 is 0 Å². The molecular weight excluding hydrogens is 393 g/mol. The van der Waals surface area contributed by atoms with E-state index in [2.05, 4.69) is 15.0 Å². The summed E-state index contributed by atoms with van der Waals surface area (Å²) in [5.74, 6) is -0.165. The van der Waals surface area contributed by atoms with Gasteiger partial charge in [0.25, 0.3) is 15.9 Å². The quantitative estimate of drug-likeness (QED) is 0.548. The molecule has 1 aliphatic heterocycles. The van der Waals surface area contributed by atoms with Crippen molar-refractivity contribution < 1.29 is 22.9 Å². The molecule has 4 rings (SSSR count). The monoisotopic (exact) mass is 409 g/mol. The molecule has 146 valence electrons. The Balaban J connectivity index is 1.47. The highest BCUT2D eigenvalue weighted by Crippen LogP contribution is 2.18. The highest BCUT2D eigenvalue weighted by atomic mass is 32.2. The molecule has 1 aliphatic rings. The van der Waals surface area contributed by atoms with Crippen LogP contribution in [0.1, 0.15) is 15.9 Å². The summed E-state index contributed by atoms with van der Waals surface area (Å²) < 4.78 is 32.4. The maximum Gasteiger partial charge on any atom is 0.491 e. The van der Waals surface area contributed by atoms with Crippen molar-refractivity contribution in [2.75, 3.05) is 10.0 Å². The highest BCUT2D eigenvalue weighted by molar-refractivity contribution is 7.92. The van der Waals surface area contributed by atoms with Crippen LogP contribution in [-0.4, -0.2) is 31.5 Å². The van der Waals surface area contributed by atoms with Crippen LogP contribution in [0.25, 0.3) is 0 Å². The Morgan fingerprint density at radius 3 is 2.62 bits per heavy atom. The molecule has 0 unspecified atom stereocenters. The molecular formula is C19H16BN3O5S. The van der Waals surface area contributed by atoms with Gasteiger partial charge in [0.2, 0.25) is 0 Å². The average molecular weight is 409 g/mol. The topological polar surface area (TPSA) is 118 Å². The lowest BCUT2D eigenvalue weighted by Crippen LogP contribution is -2.29. The first-order chi connectivity index (χ1) is 13.9. The van der Waals surface area contributed by atoms with Gasteiger partial charge in [-0.3, -0.25) is 9.52 Å². The Kier molecular flexibility index (Phi) is 5.06. The van der Waals surface area contributed by atoms with E-state index in [-0.39, 0.29) is 16.6 Å². The number of nitrogens with zero attached hydrogens (tertiary/aromatic N) is 1. The van der Waals surface area contributed by atoms with Gasteiger partial charge in [-0.15, -0.1) is 0 Å². The fourth-order valence-corrected chi connectivity index (χ4v) is 3.90. The average Bonchev–Trinajstić information content (AvgIpc) is 3.09. The number of aromatic nitrogens is 1. The van der Waals surface area contributed by atoms with Gasteiger partial charge in [-0.25, -0.2) is 13.4 Å². The first kappa shape index (κ1) is 19.1. The van der Waals surface area contributed by atoms with Crippen molar-refractivity contribution in [1.82, 2.24) is 4.98 Å². The molecule has 0 spiro atoms. The van der Waals surface area contributed by atoms with E-state index in [1.54, 1.807) is 36.4 Å². The van der Waals surface area contributed by atoms with Crippen LogP contribution in [0.3, 0.4) is 0 Å². The summed E-state index contributed by atoms with van der Waals surface area (Å²) >= 11 is 0. The van der Waals surface area contributed by atoms with Crippen LogP contribution in [0.2, 0.25) is 0 Å². The van der Waals surface area contributed by atoms with Gasteiger partial charge in [0.15, 0.2) is 0 Å². The van der Waals surface area contributed by atoms with E-state index in [0.29, 0.717) is 23.3 Å². The number of carbonyl (C=O) groups is 1. The zero-order valence-corrected chi connectivity index (χ0v) is 15.9. The van der Waals surface area contributed by atoms with Gasteiger partial charge < -0.3 is 15.0 Å². The lowest BCUT2D eigenvalue weighted by Gasteiger charge is -2.09. The van der Waals surface area contributed by atoms with E-state index in [9.17, 15) is 18.2 Å². The molecule has 10 heteroatoms. The van der Waals surface area contributed by atoms with E-state index < -0.39 is 17.1 Å². The molecule has 0 saturated heterocycles. The molecule has 1 aromatic heterocycles. The summed E-state index contributed by atoms with van der Waals surface area (Å²) in [6.07, 6.45) is 1.49. The van der Waals surface area contributed by atoms with E-state index in [0.717, 1.165) is 5.56 Å². The van der Waals surface area contributed by atoms with Crippen molar-refractivity contribution in [2.24, 2.45) is 0 Å². The minimum atomic E-state index is -3.79. The predicted octanol–water partition coefficient (Wildman–Crippen LogP) is 1.35. The SMILES string of the molecule is O=C(Nc1ccc(S(=O)(=O)Nc2ccccn2)cc1)c1ccc2c(c1)B(O)OC2. The zero-order chi connectivity index (χ0) is 20.4. The zero-order valence-electron chi connectivity index (χ0n) is 15.1. The molecule has 0 fully saturated rings. The second-order valence-corrected chi connectivity index (χ2v) is 8.06. The molecule has 0 saturated carbocycles. The summed E-state index contributed by atoms with van der Waals surface area (Å²) in [6.45, 7) is 0.306.